The minimum absolute atomic E-state index is 0.0116. The van der Waals surface area contributed by atoms with Crippen molar-refractivity contribution < 1.29 is 9.13 Å². The first-order chi connectivity index (χ1) is 9.83. The Morgan fingerprint density at radius 1 is 1.19 bits per heavy atom. The Bertz CT molecular complexity index is 611. The third kappa shape index (κ3) is 4.95. The van der Waals surface area contributed by atoms with Crippen molar-refractivity contribution in [3.63, 3.8) is 0 Å². The zero-order valence-corrected chi connectivity index (χ0v) is 12.9. The van der Waals surface area contributed by atoms with Crippen molar-refractivity contribution in [3.8, 4) is 11.6 Å². The van der Waals surface area contributed by atoms with Crippen LogP contribution in [0.15, 0.2) is 30.3 Å². The first kappa shape index (κ1) is 15.7. The van der Waals surface area contributed by atoms with Gasteiger partial charge in [0.15, 0.2) is 0 Å². The van der Waals surface area contributed by atoms with Gasteiger partial charge in [0.25, 0.3) is 0 Å². The summed E-state index contributed by atoms with van der Waals surface area (Å²) in [5.41, 5.74) is 0.817. The van der Waals surface area contributed by atoms with Crippen LogP contribution in [0.25, 0.3) is 0 Å². The van der Waals surface area contributed by atoms with Gasteiger partial charge in [-0.1, -0.05) is 11.6 Å². The number of hydrogen-bond acceptors (Lipinski definition) is 4. The van der Waals surface area contributed by atoms with Crippen LogP contribution in [0.1, 0.15) is 26.5 Å². The molecule has 0 saturated heterocycles. The minimum atomic E-state index is -0.534. The van der Waals surface area contributed by atoms with Crippen LogP contribution >= 0.6 is 11.6 Å². The SMILES string of the molecule is CC(C)(C)NCc1ccc(Oc2ccc(Cl)c(F)c2)nn1. The van der Waals surface area contributed by atoms with Crippen molar-refractivity contribution in [1.29, 1.82) is 0 Å². The fraction of sp³-hybridized carbons (Fsp3) is 0.333. The lowest BCUT2D eigenvalue weighted by molar-refractivity contribution is 0.416. The molecule has 112 valence electrons. The monoisotopic (exact) mass is 309 g/mol. The molecule has 0 bridgehead atoms. The molecule has 21 heavy (non-hydrogen) atoms. The van der Waals surface area contributed by atoms with E-state index >= 15 is 0 Å². The predicted octanol–water partition coefficient (Wildman–Crippen LogP) is 3.95. The van der Waals surface area contributed by atoms with Gasteiger partial charge in [0.2, 0.25) is 5.88 Å². The van der Waals surface area contributed by atoms with Gasteiger partial charge < -0.3 is 10.1 Å². The fourth-order valence-corrected chi connectivity index (χ4v) is 1.63. The summed E-state index contributed by atoms with van der Waals surface area (Å²) in [5, 5.41) is 11.4. The Hall–Kier alpha value is -1.72. The number of halogens is 2. The molecule has 4 nitrogen and oxygen atoms in total. The highest BCUT2D eigenvalue weighted by Gasteiger charge is 2.09. The summed E-state index contributed by atoms with van der Waals surface area (Å²) < 4.78 is 18.7. The number of benzene rings is 1. The summed E-state index contributed by atoms with van der Waals surface area (Å²) in [4.78, 5) is 0. The Balaban J connectivity index is 2.00. The van der Waals surface area contributed by atoms with Gasteiger partial charge in [0.05, 0.1) is 10.7 Å². The summed E-state index contributed by atoms with van der Waals surface area (Å²) in [5.74, 6) is 0.0936. The maximum absolute atomic E-state index is 13.3. The van der Waals surface area contributed by atoms with Crippen LogP contribution in [-0.4, -0.2) is 15.7 Å². The Morgan fingerprint density at radius 3 is 2.52 bits per heavy atom. The minimum Gasteiger partial charge on any atom is -0.437 e. The summed E-state index contributed by atoms with van der Waals surface area (Å²) in [7, 11) is 0. The van der Waals surface area contributed by atoms with Crippen molar-refractivity contribution in [1.82, 2.24) is 15.5 Å². The molecule has 0 aliphatic rings. The zero-order valence-electron chi connectivity index (χ0n) is 12.2. The van der Waals surface area contributed by atoms with E-state index < -0.39 is 5.82 Å². The van der Waals surface area contributed by atoms with Gasteiger partial charge in [-0.3, -0.25) is 0 Å². The molecule has 2 aromatic rings. The van der Waals surface area contributed by atoms with Gasteiger partial charge in [-0.25, -0.2) is 4.39 Å². The number of hydrogen-bond donors (Lipinski definition) is 1. The van der Waals surface area contributed by atoms with E-state index in [1.165, 1.54) is 12.1 Å². The maximum atomic E-state index is 13.3. The van der Waals surface area contributed by atoms with Gasteiger partial charge in [0, 0.05) is 24.2 Å². The fourth-order valence-electron chi connectivity index (χ4n) is 1.51. The number of rotatable bonds is 4. The first-order valence-electron chi connectivity index (χ1n) is 6.54. The highest BCUT2D eigenvalue weighted by Crippen LogP contribution is 2.24. The van der Waals surface area contributed by atoms with Crippen LogP contribution in [-0.2, 0) is 6.54 Å². The second kappa shape index (κ2) is 6.37. The van der Waals surface area contributed by atoms with Gasteiger partial charge in [-0.2, -0.15) is 5.10 Å². The number of aromatic nitrogens is 2. The Labute approximate surface area is 128 Å². The molecule has 0 saturated carbocycles. The maximum Gasteiger partial charge on any atom is 0.238 e. The molecule has 0 aliphatic heterocycles. The van der Waals surface area contributed by atoms with Gasteiger partial charge in [-0.15, -0.1) is 5.10 Å². The predicted molar refractivity (Wildman–Crippen MR) is 80.1 cm³/mol. The molecular formula is C15H17ClFN3O. The van der Waals surface area contributed by atoms with E-state index in [9.17, 15) is 4.39 Å². The molecule has 1 heterocycles. The lowest BCUT2D eigenvalue weighted by Crippen LogP contribution is -2.35. The van der Waals surface area contributed by atoms with E-state index in [2.05, 4.69) is 36.3 Å². The van der Waals surface area contributed by atoms with Gasteiger partial charge in [-0.05, 0) is 39.0 Å². The van der Waals surface area contributed by atoms with Crippen molar-refractivity contribution in [2.75, 3.05) is 0 Å². The first-order valence-corrected chi connectivity index (χ1v) is 6.92. The smallest absolute Gasteiger partial charge is 0.238 e. The molecule has 0 amide bonds. The molecule has 0 spiro atoms. The third-order valence-electron chi connectivity index (χ3n) is 2.61. The van der Waals surface area contributed by atoms with Crippen LogP contribution in [0.4, 0.5) is 4.39 Å². The normalized spacial score (nSPS) is 11.5. The second-order valence-electron chi connectivity index (χ2n) is 5.64. The zero-order chi connectivity index (χ0) is 15.5. The third-order valence-corrected chi connectivity index (χ3v) is 2.92. The van der Waals surface area contributed by atoms with Crippen molar-refractivity contribution in [2.45, 2.75) is 32.9 Å². The van der Waals surface area contributed by atoms with Gasteiger partial charge in [0.1, 0.15) is 11.6 Å². The lowest BCUT2D eigenvalue weighted by Gasteiger charge is -2.19. The highest BCUT2D eigenvalue weighted by atomic mass is 35.5. The van der Waals surface area contributed by atoms with Crippen LogP contribution in [0, 0.1) is 5.82 Å². The molecule has 1 aromatic heterocycles. The quantitative estimate of drug-likeness (QED) is 0.929. The highest BCUT2D eigenvalue weighted by molar-refractivity contribution is 6.30. The molecule has 0 aliphatic carbocycles. The molecule has 1 N–H and O–H groups in total. The van der Waals surface area contributed by atoms with Gasteiger partial charge >= 0.3 is 0 Å². The lowest BCUT2D eigenvalue weighted by atomic mass is 10.1. The van der Waals surface area contributed by atoms with E-state index in [1.807, 2.05) is 6.07 Å². The van der Waals surface area contributed by atoms with Crippen molar-refractivity contribution in [3.05, 3.63) is 46.9 Å². The number of ether oxygens (including phenoxy) is 1. The van der Waals surface area contributed by atoms with Crippen LogP contribution in [0.2, 0.25) is 5.02 Å². The van der Waals surface area contributed by atoms with E-state index in [-0.39, 0.29) is 10.6 Å². The van der Waals surface area contributed by atoms with Crippen molar-refractivity contribution in [2.24, 2.45) is 0 Å². The van der Waals surface area contributed by atoms with Crippen LogP contribution < -0.4 is 10.1 Å². The molecule has 6 heteroatoms. The average molecular weight is 310 g/mol. The van der Waals surface area contributed by atoms with E-state index in [0.29, 0.717) is 18.2 Å². The molecule has 1 aromatic carbocycles. The molecule has 0 radical (unpaired) electrons. The van der Waals surface area contributed by atoms with Crippen molar-refractivity contribution >= 4 is 11.6 Å². The Kier molecular flexibility index (Phi) is 4.75. The summed E-state index contributed by atoms with van der Waals surface area (Å²) >= 11 is 5.61. The molecular weight excluding hydrogens is 293 g/mol. The number of nitrogens with one attached hydrogen (secondary N) is 1. The average Bonchev–Trinajstić information content (AvgIpc) is 2.41. The summed E-state index contributed by atoms with van der Waals surface area (Å²) in [6.45, 7) is 6.85. The van der Waals surface area contributed by atoms with E-state index in [0.717, 1.165) is 5.69 Å². The second-order valence-corrected chi connectivity index (χ2v) is 6.05. The number of nitrogens with zero attached hydrogens (tertiary/aromatic N) is 2. The topological polar surface area (TPSA) is 47.0 Å². The molecule has 0 fully saturated rings. The Morgan fingerprint density at radius 2 is 1.95 bits per heavy atom. The van der Waals surface area contributed by atoms with E-state index in [4.69, 9.17) is 16.3 Å². The largest absolute Gasteiger partial charge is 0.437 e. The standard InChI is InChI=1S/C15H17ClFN3O/c1-15(2,3)18-9-10-4-7-14(20-19-10)21-11-5-6-12(16)13(17)8-11/h4-8,18H,9H2,1-3H3. The van der Waals surface area contributed by atoms with Crippen LogP contribution in [0.3, 0.4) is 0 Å². The molecule has 0 atom stereocenters. The van der Waals surface area contributed by atoms with E-state index in [1.54, 1.807) is 12.1 Å². The summed E-state index contributed by atoms with van der Waals surface area (Å²) in [6.07, 6.45) is 0. The summed E-state index contributed by atoms with van der Waals surface area (Å²) in [6, 6.07) is 7.72. The molecule has 2 rings (SSSR count). The molecule has 0 unspecified atom stereocenters. The van der Waals surface area contributed by atoms with Crippen LogP contribution in [0.5, 0.6) is 11.6 Å².